The molecule has 0 saturated heterocycles. The maximum atomic E-state index is 13.9. The Morgan fingerprint density at radius 2 is 1.82 bits per heavy atom. The number of aliphatic hydroxyl groups is 1. The largest absolute Gasteiger partial charge is 0.395 e. The van der Waals surface area contributed by atoms with Gasteiger partial charge in [0.05, 0.1) is 18.0 Å². The van der Waals surface area contributed by atoms with Crippen LogP contribution in [0.2, 0.25) is 0 Å². The van der Waals surface area contributed by atoms with Crippen molar-refractivity contribution in [1.82, 2.24) is 10.3 Å². The third kappa shape index (κ3) is 3.87. The summed E-state index contributed by atoms with van der Waals surface area (Å²) >= 11 is 0. The van der Waals surface area contributed by atoms with Gasteiger partial charge < -0.3 is 10.4 Å². The summed E-state index contributed by atoms with van der Waals surface area (Å²) in [5, 5.41) is 12.4. The van der Waals surface area contributed by atoms with Gasteiger partial charge in [0.25, 0.3) is 0 Å². The SMILES string of the molecule is CC(C)[C@H](CO)NCc1nc(-c2ccccc2F)ccc1F. The van der Waals surface area contributed by atoms with Crippen LogP contribution in [0.15, 0.2) is 36.4 Å². The molecule has 1 aromatic carbocycles. The van der Waals surface area contributed by atoms with Crippen LogP contribution in [0.25, 0.3) is 11.3 Å². The minimum Gasteiger partial charge on any atom is -0.395 e. The van der Waals surface area contributed by atoms with E-state index in [-0.39, 0.29) is 30.8 Å². The molecular weight excluding hydrogens is 286 g/mol. The Labute approximate surface area is 129 Å². The van der Waals surface area contributed by atoms with Gasteiger partial charge in [0, 0.05) is 18.2 Å². The molecule has 0 fully saturated rings. The van der Waals surface area contributed by atoms with Crippen molar-refractivity contribution in [2.24, 2.45) is 5.92 Å². The Balaban J connectivity index is 2.22. The fraction of sp³-hybridized carbons (Fsp3) is 0.353. The number of rotatable bonds is 6. The normalized spacial score (nSPS) is 12.6. The molecule has 0 radical (unpaired) electrons. The van der Waals surface area contributed by atoms with Crippen LogP contribution in [0.1, 0.15) is 19.5 Å². The zero-order chi connectivity index (χ0) is 16.1. The second kappa shape index (κ2) is 7.42. The fourth-order valence-electron chi connectivity index (χ4n) is 2.17. The molecule has 1 aromatic heterocycles. The zero-order valence-electron chi connectivity index (χ0n) is 12.7. The summed E-state index contributed by atoms with van der Waals surface area (Å²) in [4.78, 5) is 4.21. The molecular formula is C17H20F2N2O. The van der Waals surface area contributed by atoms with Crippen LogP contribution in [0, 0.1) is 17.6 Å². The topological polar surface area (TPSA) is 45.1 Å². The molecule has 0 aliphatic carbocycles. The van der Waals surface area contributed by atoms with Crippen LogP contribution >= 0.6 is 0 Å². The lowest BCUT2D eigenvalue weighted by molar-refractivity contribution is 0.209. The van der Waals surface area contributed by atoms with E-state index in [9.17, 15) is 13.9 Å². The van der Waals surface area contributed by atoms with Crippen molar-refractivity contribution >= 4 is 0 Å². The van der Waals surface area contributed by atoms with Crippen molar-refractivity contribution in [3.8, 4) is 11.3 Å². The molecule has 0 aliphatic rings. The number of halogens is 2. The first-order valence-electron chi connectivity index (χ1n) is 7.27. The molecule has 0 spiro atoms. The minimum absolute atomic E-state index is 0.0354. The van der Waals surface area contributed by atoms with E-state index < -0.39 is 11.6 Å². The lowest BCUT2D eigenvalue weighted by atomic mass is 10.1. The Bertz CT molecular complexity index is 632. The summed E-state index contributed by atoms with van der Waals surface area (Å²) in [5.74, 6) is -0.633. The summed E-state index contributed by atoms with van der Waals surface area (Å²) in [7, 11) is 0. The van der Waals surface area contributed by atoms with Gasteiger partial charge in [-0.1, -0.05) is 26.0 Å². The smallest absolute Gasteiger partial charge is 0.146 e. The predicted octanol–water partition coefficient (Wildman–Crippen LogP) is 3.13. The number of aromatic nitrogens is 1. The average molecular weight is 306 g/mol. The molecule has 2 aromatic rings. The van der Waals surface area contributed by atoms with Gasteiger partial charge in [0.15, 0.2) is 0 Å². The van der Waals surface area contributed by atoms with Gasteiger partial charge in [0.2, 0.25) is 0 Å². The van der Waals surface area contributed by atoms with Crippen molar-refractivity contribution in [1.29, 1.82) is 0 Å². The molecule has 0 unspecified atom stereocenters. The number of hydrogen-bond donors (Lipinski definition) is 2. The van der Waals surface area contributed by atoms with Crippen molar-refractivity contribution in [3.05, 3.63) is 53.7 Å². The van der Waals surface area contributed by atoms with Crippen molar-refractivity contribution in [2.45, 2.75) is 26.4 Å². The third-order valence-electron chi connectivity index (χ3n) is 3.60. The van der Waals surface area contributed by atoms with E-state index in [1.807, 2.05) is 13.8 Å². The van der Waals surface area contributed by atoms with Crippen LogP contribution in [0.4, 0.5) is 8.78 Å². The number of aliphatic hydroxyl groups excluding tert-OH is 1. The summed E-state index contributed by atoms with van der Waals surface area (Å²) < 4.78 is 27.7. The first-order chi connectivity index (χ1) is 10.5. The summed E-state index contributed by atoms with van der Waals surface area (Å²) in [5.41, 5.74) is 0.938. The molecule has 1 atom stereocenters. The van der Waals surface area contributed by atoms with Gasteiger partial charge in [-0.2, -0.15) is 0 Å². The maximum Gasteiger partial charge on any atom is 0.146 e. The molecule has 3 nitrogen and oxygen atoms in total. The molecule has 1 heterocycles. The van der Waals surface area contributed by atoms with E-state index >= 15 is 0 Å². The van der Waals surface area contributed by atoms with Gasteiger partial charge in [-0.05, 0) is 30.2 Å². The summed E-state index contributed by atoms with van der Waals surface area (Å²) in [6.07, 6.45) is 0. The van der Waals surface area contributed by atoms with Crippen LogP contribution in [0.3, 0.4) is 0 Å². The molecule has 0 saturated carbocycles. The predicted molar refractivity (Wildman–Crippen MR) is 82.1 cm³/mol. The molecule has 2 rings (SSSR count). The van der Waals surface area contributed by atoms with Crippen molar-refractivity contribution < 1.29 is 13.9 Å². The third-order valence-corrected chi connectivity index (χ3v) is 3.60. The lowest BCUT2D eigenvalue weighted by Crippen LogP contribution is -2.36. The van der Waals surface area contributed by atoms with E-state index in [1.165, 1.54) is 18.2 Å². The first-order valence-corrected chi connectivity index (χ1v) is 7.27. The van der Waals surface area contributed by atoms with Crippen molar-refractivity contribution in [2.75, 3.05) is 6.61 Å². The van der Waals surface area contributed by atoms with Gasteiger partial charge in [-0.3, -0.25) is 0 Å². The quantitative estimate of drug-likeness (QED) is 0.862. The standard InChI is InChI=1S/C17H20F2N2O/c1-11(2)17(10-22)20-9-16-14(19)7-8-15(21-16)12-5-3-4-6-13(12)18/h3-8,11,17,20,22H,9-10H2,1-2H3/t17-/m0/s1. The number of hydrogen-bond acceptors (Lipinski definition) is 3. The van der Waals surface area contributed by atoms with E-state index in [4.69, 9.17) is 0 Å². The van der Waals surface area contributed by atoms with Gasteiger partial charge >= 0.3 is 0 Å². The highest BCUT2D eigenvalue weighted by atomic mass is 19.1. The van der Waals surface area contributed by atoms with Gasteiger partial charge in [-0.25, -0.2) is 13.8 Å². The maximum absolute atomic E-state index is 13.9. The van der Waals surface area contributed by atoms with Crippen LogP contribution in [0.5, 0.6) is 0 Å². The highest BCUT2D eigenvalue weighted by Gasteiger charge is 2.14. The molecule has 0 bridgehead atoms. The molecule has 2 N–H and O–H groups in total. The molecule has 118 valence electrons. The summed E-state index contributed by atoms with van der Waals surface area (Å²) in [6, 6.07) is 8.87. The highest BCUT2D eigenvalue weighted by Crippen LogP contribution is 2.21. The Morgan fingerprint density at radius 3 is 2.45 bits per heavy atom. The number of nitrogens with zero attached hydrogens (tertiary/aromatic N) is 1. The Kier molecular flexibility index (Phi) is 5.57. The fourth-order valence-corrected chi connectivity index (χ4v) is 2.17. The van der Waals surface area contributed by atoms with Crippen molar-refractivity contribution in [3.63, 3.8) is 0 Å². The zero-order valence-corrected chi connectivity index (χ0v) is 12.7. The van der Waals surface area contributed by atoms with E-state index in [0.29, 0.717) is 11.3 Å². The van der Waals surface area contributed by atoms with Crippen LogP contribution in [-0.2, 0) is 6.54 Å². The van der Waals surface area contributed by atoms with E-state index in [2.05, 4.69) is 10.3 Å². The van der Waals surface area contributed by atoms with Crippen LogP contribution in [-0.4, -0.2) is 22.7 Å². The molecule has 0 aliphatic heterocycles. The number of nitrogens with one attached hydrogen (secondary N) is 1. The Morgan fingerprint density at radius 1 is 1.09 bits per heavy atom. The molecule has 0 amide bonds. The van der Waals surface area contributed by atoms with Crippen LogP contribution < -0.4 is 5.32 Å². The highest BCUT2D eigenvalue weighted by molar-refractivity contribution is 5.59. The summed E-state index contributed by atoms with van der Waals surface area (Å²) in [6.45, 7) is 4.07. The monoisotopic (exact) mass is 306 g/mol. The molecule has 22 heavy (non-hydrogen) atoms. The second-order valence-electron chi connectivity index (χ2n) is 5.52. The second-order valence-corrected chi connectivity index (χ2v) is 5.52. The minimum atomic E-state index is -0.451. The first kappa shape index (κ1) is 16.5. The average Bonchev–Trinajstić information content (AvgIpc) is 2.50. The Hall–Kier alpha value is -1.85. The number of benzene rings is 1. The number of pyridine rings is 1. The van der Waals surface area contributed by atoms with E-state index in [0.717, 1.165) is 0 Å². The van der Waals surface area contributed by atoms with Gasteiger partial charge in [0.1, 0.15) is 11.6 Å². The van der Waals surface area contributed by atoms with Gasteiger partial charge in [-0.15, -0.1) is 0 Å². The molecule has 5 heteroatoms. The lowest BCUT2D eigenvalue weighted by Gasteiger charge is -2.20. The van der Waals surface area contributed by atoms with E-state index in [1.54, 1.807) is 18.2 Å².